The Balaban J connectivity index is 1.48. The van der Waals surface area contributed by atoms with Crippen molar-refractivity contribution in [1.29, 1.82) is 0 Å². The summed E-state index contributed by atoms with van der Waals surface area (Å²) in [5.74, 6) is 0. The standard InChI is InChI=1S/C13H23N5O/c19-8-2-6-18-10-11(15-16-18)9-14-12-4-7-17-5-1-3-13(12)17/h10,12-14,19H,1-9H2. The molecule has 0 spiro atoms. The molecule has 0 amide bonds. The maximum absolute atomic E-state index is 8.79. The summed E-state index contributed by atoms with van der Waals surface area (Å²) >= 11 is 0. The molecule has 3 heterocycles. The van der Waals surface area contributed by atoms with Crippen molar-refractivity contribution in [2.24, 2.45) is 0 Å². The van der Waals surface area contributed by atoms with E-state index in [-0.39, 0.29) is 6.61 Å². The van der Waals surface area contributed by atoms with Gasteiger partial charge >= 0.3 is 0 Å². The molecule has 2 atom stereocenters. The molecule has 3 rings (SSSR count). The van der Waals surface area contributed by atoms with E-state index < -0.39 is 0 Å². The van der Waals surface area contributed by atoms with E-state index in [4.69, 9.17) is 5.11 Å². The van der Waals surface area contributed by atoms with Crippen LogP contribution < -0.4 is 5.32 Å². The monoisotopic (exact) mass is 265 g/mol. The molecular formula is C13H23N5O. The highest BCUT2D eigenvalue weighted by Crippen LogP contribution is 2.27. The third-order valence-corrected chi connectivity index (χ3v) is 4.28. The summed E-state index contributed by atoms with van der Waals surface area (Å²) in [6.45, 7) is 4.26. The van der Waals surface area contributed by atoms with Gasteiger partial charge in [0.2, 0.25) is 0 Å². The Hall–Kier alpha value is -0.980. The molecule has 2 N–H and O–H groups in total. The fourth-order valence-corrected chi connectivity index (χ4v) is 3.32. The van der Waals surface area contributed by atoms with Gasteiger partial charge in [0.05, 0.1) is 5.69 Å². The van der Waals surface area contributed by atoms with Gasteiger partial charge in [0.25, 0.3) is 0 Å². The molecule has 2 aliphatic rings. The molecule has 2 aliphatic heterocycles. The molecule has 106 valence electrons. The maximum atomic E-state index is 8.79. The number of nitrogens with one attached hydrogen (secondary N) is 1. The highest BCUT2D eigenvalue weighted by atomic mass is 16.3. The first-order chi connectivity index (χ1) is 9.36. The Morgan fingerprint density at radius 3 is 3.21 bits per heavy atom. The van der Waals surface area contributed by atoms with Gasteiger partial charge in [-0.3, -0.25) is 9.58 Å². The van der Waals surface area contributed by atoms with E-state index in [1.54, 1.807) is 0 Å². The number of fused-ring (bicyclic) bond motifs is 1. The first-order valence-corrected chi connectivity index (χ1v) is 7.34. The lowest BCUT2D eigenvalue weighted by molar-refractivity contribution is 0.276. The van der Waals surface area contributed by atoms with Crippen LogP contribution in [-0.2, 0) is 13.1 Å². The zero-order valence-corrected chi connectivity index (χ0v) is 11.3. The molecule has 6 heteroatoms. The van der Waals surface area contributed by atoms with Gasteiger partial charge in [-0.05, 0) is 32.2 Å². The van der Waals surface area contributed by atoms with Crippen LogP contribution >= 0.6 is 0 Å². The van der Waals surface area contributed by atoms with Crippen LogP contribution in [0.15, 0.2) is 6.20 Å². The van der Waals surface area contributed by atoms with Crippen LogP contribution in [0.2, 0.25) is 0 Å². The third-order valence-electron chi connectivity index (χ3n) is 4.28. The largest absolute Gasteiger partial charge is 0.396 e. The van der Waals surface area contributed by atoms with Gasteiger partial charge in [0.15, 0.2) is 0 Å². The molecule has 6 nitrogen and oxygen atoms in total. The van der Waals surface area contributed by atoms with Crippen LogP contribution in [0.25, 0.3) is 0 Å². The highest BCUT2D eigenvalue weighted by molar-refractivity contribution is 4.98. The van der Waals surface area contributed by atoms with Gasteiger partial charge in [-0.1, -0.05) is 5.21 Å². The van der Waals surface area contributed by atoms with Crippen molar-refractivity contribution < 1.29 is 5.11 Å². The van der Waals surface area contributed by atoms with Gasteiger partial charge in [0.1, 0.15) is 0 Å². The average molecular weight is 265 g/mol. The minimum atomic E-state index is 0.201. The average Bonchev–Trinajstić information content (AvgIpc) is 3.11. The van der Waals surface area contributed by atoms with Crippen molar-refractivity contribution in [3.05, 3.63) is 11.9 Å². The van der Waals surface area contributed by atoms with Gasteiger partial charge in [-0.15, -0.1) is 5.10 Å². The fraction of sp³-hybridized carbons (Fsp3) is 0.846. The molecular weight excluding hydrogens is 242 g/mol. The van der Waals surface area contributed by atoms with Crippen molar-refractivity contribution in [1.82, 2.24) is 25.2 Å². The predicted octanol–water partition coefficient (Wildman–Crippen LogP) is -0.0132. The molecule has 19 heavy (non-hydrogen) atoms. The van der Waals surface area contributed by atoms with Crippen molar-refractivity contribution in [2.75, 3.05) is 19.7 Å². The van der Waals surface area contributed by atoms with Crippen LogP contribution in [0.5, 0.6) is 0 Å². The third kappa shape index (κ3) is 2.96. The summed E-state index contributed by atoms with van der Waals surface area (Å²) < 4.78 is 1.81. The van der Waals surface area contributed by atoms with Crippen molar-refractivity contribution in [3.8, 4) is 0 Å². The summed E-state index contributed by atoms with van der Waals surface area (Å²) in [5, 5.41) is 20.7. The van der Waals surface area contributed by atoms with Crippen molar-refractivity contribution in [2.45, 2.75) is 50.9 Å². The molecule has 2 saturated heterocycles. The number of rotatable bonds is 6. The number of hydrogen-bond donors (Lipinski definition) is 2. The number of aliphatic hydroxyl groups is 1. The fourth-order valence-electron chi connectivity index (χ4n) is 3.32. The minimum Gasteiger partial charge on any atom is -0.396 e. The van der Waals surface area contributed by atoms with E-state index >= 15 is 0 Å². The number of aromatic nitrogens is 3. The number of nitrogens with zero attached hydrogens (tertiary/aromatic N) is 4. The van der Waals surface area contributed by atoms with Gasteiger partial charge in [-0.2, -0.15) is 0 Å². The second kappa shape index (κ2) is 5.98. The SMILES string of the molecule is OCCCn1cc(CNC2CCN3CCCC23)nn1. The quantitative estimate of drug-likeness (QED) is 0.757. The highest BCUT2D eigenvalue weighted by Gasteiger charge is 2.36. The Morgan fingerprint density at radius 1 is 1.37 bits per heavy atom. The van der Waals surface area contributed by atoms with Crippen LogP contribution in [0.4, 0.5) is 0 Å². The second-order valence-electron chi connectivity index (χ2n) is 5.57. The molecule has 1 aromatic rings. The lowest BCUT2D eigenvalue weighted by Gasteiger charge is -2.20. The van der Waals surface area contributed by atoms with Crippen molar-refractivity contribution >= 4 is 0 Å². The summed E-state index contributed by atoms with van der Waals surface area (Å²) in [4.78, 5) is 2.61. The molecule has 0 aliphatic carbocycles. The topological polar surface area (TPSA) is 66.2 Å². The Labute approximate surface area is 113 Å². The molecule has 2 unspecified atom stereocenters. The lowest BCUT2D eigenvalue weighted by Crippen LogP contribution is -2.38. The van der Waals surface area contributed by atoms with E-state index in [0.717, 1.165) is 31.2 Å². The molecule has 0 radical (unpaired) electrons. The summed E-state index contributed by atoms with van der Waals surface area (Å²) in [7, 11) is 0. The number of hydrogen-bond acceptors (Lipinski definition) is 5. The van der Waals surface area contributed by atoms with E-state index in [1.165, 1.54) is 32.4 Å². The first kappa shape index (κ1) is 13.0. The van der Waals surface area contributed by atoms with Gasteiger partial charge < -0.3 is 10.4 Å². The van der Waals surface area contributed by atoms with Crippen LogP contribution in [-0.4, -0.2) is 56.8 Å². The predicted molar refractivity (Wildman–Crippen MR) is 71.6 cm³/mol. The smallest absolute Gasteiger partial charge is 0.0964 e. The Kier molecular flexibility index (Phi) is 4.10. The van der Waals surface area contributed by atoms with Crippen LogP contribution in [0, 0.1) is 0 Å². The maximum Gasteiger partial charge on any atom is 0.0964 e. The van der Waals surface area contributed by atoms with Crippen LogP contribution in [0.3, 0.4) is 0 Å². The van der Waals surface area contributed by atoms with Gasteiger partial charge in [0, 0.05) is 44.5 Å². The minimum absolute atomic E-state index is 0.201. The molecule has 0 saturated carbocycles. The zero-order valence-electron chi connectivity index (χ0n) is 11.3. The Morgan fingerprint density at radius 2 is 2.32 bits per heavy atom. The second-order valence-corrected chi connectivity index (χ2v) is 5.57. The summed E-state index contributed by atoms with van der Waals surface area (Å²) in [5.41, 5.74) is 0.995. The number of aryl methyl sites for hydroxylation is 1. The molecule has 0 bridgehead atoms. The van der Waals surface area contributed by atoms with Gasteiger partial charge in [-0.25, -0.2) is 0 Å². The van der Waals surface area contributed by atoms with Crippen molar-refractivity contribution in [3.63, 3.8) is 0 Å². The first-order valence-electron chi connectivity index (χ1n) is 7.34. The zero-order chi connectivity index (χ0) is 13.1. The van der Waals surface area contributed by atoms with E-state index in [9.17, 15) is 0 Å². The molecule has 1 aromatic heterocycles. The normalized spacial score (nSPS) is 27.0. The van der Waals surface area contributed by atoms with E-state index in [0.29, 0.717) is 6.04 Å². The molecule has 2 fully saturated rings. The summed E-state index contributed by atoms with van der Waals surface area (Å²) in [6.07, 6.45) is 6.64. The van der Waals surface area contributed by atoms with E-state index in [1.807, 2.05) is 10.9 Å². The summed E-state index contributed by atoms with van der Waals surface area (Å²) in [6, 6.07) is 1.36. The number of aliphatic hydroxyl groups excluding tert-OH is 1. The lowest BCUT2D eigenvalue weighted by atomic mass is 10.1. The molecule has 0 aromatic carbocycles. The van der Waals surface area contributed by atoms with E-state index in [2.05, 4.69) is 20.5 Å². The van der Waals surface area contributed by atoms with Crippen LogP contribution in [0.1, 0.15) is 31.4 Å². The Bertz CT molecular complexity index is 407.